The van der Waals surface area contributed by atoms with Crippen LogP contribution in [-0.4, -0.2) is 31.5 Å². The standard InChI is InChI=1S/C22H31NO4/c1-5-10-23-20(24)26-13-22-12-25-19-16-8-6-7-9-17(16)27-21(4,11-14(22)2)18(19)15(22)3/h6-9,14-15,18-19H,5,10-13H2,1-4H3,(H,23,24)/t14-,15-,18+,19+,21+,22-/m0/s1. The van der Waals surface area contributed by atoms with E-state index in [1.54, 1.807) is 0 Å². The molecule has 0 unspecified atom stereocenters. The highest BCUT2D eigenvalue weighted by Gasteiger charge is 2.64. The van der Waals surface area contributed by atoms with Gasteiger partial charge >= 0.3 is 6.09 Å². The van der Waals surface area contributed by atoms with Crippen molar-refractivity contribution >= 4 is 6.09 Å². The molecular formula is C22H31NO4. The quantitative estimate of drug-likeness (QED) is 0.854. The molecule has 6 atom stereocenters. The van der Waals surface area contributed by atoms with Gasteiger partial charge in [0.05, 0.1) is 12.7 Å². The van der Waals surface area contributed by atoms with Gasteiger partial charge in [0.2, 0.25) is 0 Å². The molecule has 4 rings (SSSR count). The van der Waals surface area contributed by atoms with Crippen molar-refractivity contribution in [2.24, 2.45) is 23.2 Å². The Labute approximate surface area is 161 Å². The molecule has 2 fully saturated rings. The van der Waals surface area contributed by atoms with E-state index in [4.69, 9.17) is 14.2 Å². The van der Waals surface area contributed by atoms with Crippen LogP contribution in [0.5, 0.6) is 5.75 Å². The summed E-state index contributed by atoms with van der Waals surface area (Å²) < 4.78 is 18.7. The third kappa shape index (κ3) is 2.82. The number of rotatable bonds is 4. The van der Waals surface area contributed by atoms with E-state index < -0.39 is 0 Å². The fraction of sp³-hybridized carbons (Fsp3) is 0.682. The average Bonchev–Trinajstić information content (AvgIpc) is 2.64. The predicted octanol–water partition coefficient (Wildman–Crippen LogP) is 4.32. The molecule has 148 valence electrons. The summed E-state index contributed by atoms with van der Waals surface area (Å²) in [6, 6.07) is 8.24. The number of fused-ring (bicyclic) bond motifs is 3. The Kier molecular flexibility index (Phi) is 4.61. The lowest BCUT2D eigenvalue weighted by atomic mass is 9.50. The molecule has 1 N–H and O–H groups in total. The van der Waals surface area contributed by atoms with Gasteiger partial charge in [-0.1, -0.05) is 39.0 Å². The zero-order chi connectivity index (χ0) is 19.2. The van der Waals surface area contributed by atoms with Crippen LogP contribution in [0.25, 0.3) is 0 Å². The van der Waals surface area contributed by atoms with Crippen molar-refractivity contribution in [3.05, 3.63) is 29.8 Å². The molecule has 1 aliphatic carbocycles. The average molecular weight is 373 g/mol. The zero-order valence-corrected chi connectivity index (χ0v) is 16.8. The fourth-order valence-electron chi connectivity index (χ4n) is 5.73. The molecule has 2 heterocycles. The third-order valence-corrected chi connectivity index (χ3v) is 7.26. The fourth-order valence-corrected chi connectivity index (χ4v) is 5.73. The molecule has 1 saturated heterocycles. The number of hydrogen-bond donors (Lipinski definition) is 1. The summed E-state index contributed by atoms with van der Waals surface area (Å²) in [4.78, 5) is 12.0. The van der Waals surface area contributed by atoms with Crippen LogP contribution in [0.1, 0.15) is 52.2 Å². The van der Waals surface area contributed by atoms with Crippen LogP contribution in [0.3, 0.4) is 0 Å². The summed E-state index contributed by atoms with van der Waals surface area (Å²) in [5.41, 5.74) is 0.725. The van der Waals surface area contributed by atoms with Gasteiger partial charge in [0.1, 0.15) is 18.0 Å². The van der Waals surface area contributed by atoms with Gasteiger partial charge in [-0.25, -0.2) is 4.79 Å². The van der Waals surface area contributed by atoms with Crippen molar-refractivity contribution in [2.75, 3.05) is 19.8 Å². The van der Waals surface area contributed by atoms with E-state index in [0.717, 1.165) is 24.2 Å². The van der Waals surface area contributed by atoms with E-state index in [0.29, 0.717) is 31.6 Å². The van der Waals surface area contributed by atoms with Gasteiger partial charge in [-0.15, -0.1) is 0 Å². The number of hydrogen-bond acceptors (Lipinski definition) is 4. The van der Waals surface area contributed by atoms with Crippen molar-refractivity contribution < 1.29 is 19.0 Å². The number of carbonyl (C=O) groups is 1. The molecular weight excluding hydrogens is 342 g/mol. The molecule has 0 aromatic heterocycles. The maximum atomic E-state index is 12.0. The monoisotopic (exact) mass is 373 g/mol. The number of para-hydroxylation sites is 1. The summed E-state index contributed by atoms with van der Waals surface area (Å²) in [5, 5.41) is 2.81. The second kappa shape index (κ2) is 6.69. The zero-order valence-electron chi connectivity index (χ0n) is 16.8. The number of amides is 1. The van der Waals surface area contributed by atoms with Gasteiger partial charge in [0, 0.05) is 23.4 Å². The summed E-state index contributed by atoms with van der Waals surface area (Å²) in [6.45, 7) is 10.4. The molecule has 5 nitrogen and oxygen atoms in total. The van der Waals surface area contributed by atoms with Crippen LogP contribution in [0.2, 0.25) is 0 Å². The van der Waals surface area contributed by atoms with Crippen LogP contribution in [0.4, 0.5) is 4.79 Å². The minimum absolute atomic E-state index is 0.0458. The molecule has 27 heavy (non-hydrogen) atoms. The van der Waals surface area contributed by atoms with Gasteiger partial charge in [-0.05, 0) is 37.7 Å². The highest BCUT2D eigenvalue weighted by Crippen LogP contribution is 2.63. The second-order valence-electron chi connectivity index (χ2n) is 8.84. The van der Waals surface area contributed by atoms with E-state index in [-0.39, 0.29) is 29.1 Å². The minimum atomic E-state index is -0.327. The van der Waals surface area contributed by atoms with Gasteiger partial charge in [0.25, 0.3) is 0 Å². The first-order valence-electron chi connectivity index (χ1n) is 10.2. The van der Waals surface area contributed by atoms with Crippen LogP contribution in [-0.2, 0) is 9.47 Å². The normalized spacial score (nSPS) is 39.1. The Morgan fingerprint density at radius 3 is 2.89 bits per heavy atom. The van der Waals surface area contributed by atoms with Gasteiger partial charge in [0.15, 0.2) is 0 Å². The molecule has 2 aliphatic heterocycles. The minimum Gasteiger partial charge on any atom is -0.487 e. The van der Waals surface area contributed by atoms with Gasteiger partial charge in [-0.2, -0.15) is 0 Å². The maximum absolute atomic E-state index is 12.0. The third-order valence-electron chi connectivity index (χ3n) is 7.26. The number of alkyl carbamates (subject to hydrolysis) is 1. The van der Waals surface area contributed by atoms with Gasteiger partial charge < -0.3 is 19.5 Å². The maximum Gasteiger partial charge on any atom is 0.407 e. The Morgan fingerprint density at radius 1 is 1.33 bits per heavy atom. The summed E-state index contributed by atoms with van der Waals surface area (Å²) >= 11 is 0. The molecule has 5 heteroatoms. The number of carbonyl (C=O) groups excluding carboxylic acids is 1. The summed E-state index contributed by atoms with van der Waals surface area (Å²) in [7, 11) is 0. The van der Waals surface area contributed by atoms with E-state index >= 15 is 0 Å². The highest BCUT2D eigenvalue weighted by molar-refractivity contribution is 5.67. The predicted molar refractivity (Wildman–Crippen MR) is 103 cm³/mol. The molecule has 1 saturated carbocycles. The first-order chi connectivity index (χ1) is 12.9. The van der Waals surface area contributed by atoms with Crippen LogP contribution < -0.4 is 10.1 Å². The van der Waals surface area contributed by atoms with Crippen molar-refractivity contribution in [1.82, 2.24) is 5.32 Å². The first-order valence-corrected chi connectivity index (χ1v) is 10.2. The lowest BCUT2D eigenvalue weighted by Gasteiger charge is -2.63. The SMILES string of the molecule is CCCNC(=O)OC[C@@]12CO[C@@H]3c4ccccc4O[C@](C)(C[C@@H]1C)[C@@H]3[C@@H]2C. The van der Waals surface area contributed by atoms with Crippen molar-refractivity contribution in [3.63, 3.8) is 0 Å². The lowest BCUT2D eigenvalue weighted by Crippen LogP contribution is -2.66. The molecule has 3 aliphatic rings. The van der Waals surface area contributed by atoms with E-state index in [1.807, 2.05) is 25.1 Å². The van der Waals surface area contributed by atoms with E-state index in [2.05, 4.69) is 32.2 Å². The van der Waals surface area contributed by atoms with Crippen molar-refractivity contribution in [1.29, 1.82) is 0 Å². The van der Waals surface area contributed by atoms with Crippen molar-refractivity contribution in [3.8, 4) is 5.75 Å². The molecule has 1 aromatic rings. The highest BCUT2D eigenvalue weighted by atomic mass is 16.6. The summed E-state index contributed by atoms with van der Waals surface area (Å²) in [6.07, 6.45) is 1.56. The van der Waals surface area contributed by atoms with Crippen LogP contribution in [0.15, 0.2) is 24.3 Å². The smallest absolute Gasteiger partial charge is 0.407 e. The number of benzene rings is 1. The molecule has 1 amide bonds. The lowest BCUT2D eigenvalue weighted by molar-refractivity contribution is -0.259. The Bertz CT molecular complexity index is 722. The topological polar surface area (TPSA) is 56.8 Å². The molecule has 2 bridgehead atoms. The summed E-state index contributed by atoms with van der Waals surface area (Å²) in [5.74, 6) is 1.86. The molecule has 0 radical (unpaired) electrons. The van der Waals surface area contributed by atoms with Gasteiger partial charge in [-0.3, -0.25) is 0 Å². The largest absolute Gasteiger partial charge is 0.487 e. The Balaban J connectivity index is 1.61. The van der Waals surface area contributed by atoms with Crippen LogP contribution in [0, 0.1) is 23.2 Å². The van der Waals surface area contributed by atoms with Crippen molar-refractivity contribution in [2.45, 2.75) is 52.2 Å². The van der Waals surface area contributed by atoms with E-state index in [9.17, 15) is 4.79 Å². The Morgan fingerprint density at radius 2 is 2.11 bits per heavy atom. The molecule has 0 spiro atoms. The molecule has 1 aromatic carbocycles. The first kappa shape index (κ1) is 18.6. The number of nitrogens with one attached hydrogen (secondary N) is 1. The number of ether oxygens (including phenoxy) is 3. The second-order valence-corrected chi connectivity index (χ2v) is 8.84. The van der Waals surface area contributed by atoms with E-state index in [1.165, 1.54) is 0 Å². The Hall–Kier alpha value is -1.75. The van der Waals surface area contributed by atoms with Crippen LogP contribution >= 0.6 is 0 Å².